The smallest absolute Gasteiger partial charge is 0.245 e. The van der Waals surface area contributed by atoms with E-state index in [0.717, 1.165) is 5.56 Å². The van der Waals surface area contributed by atoms with Gasteiger partial charge >= 0.3 is 0 Å². The van der Waals surface area contributed by atoms with Crippen molar-refractivity contribution in [3.8, 4) is 0 Å². The molecule has 1 aromatic rings. The van der Waals surface area contributed by atoms with E-state index in [1.165, 1.54) is 0 Å². The van der Waals surface area contributed by atoms with Crippen molar-refractivity contribution in [1.82, 2.24) is 4.90 Å². The number of hydrogen-bond donors (Lipinski definition) is 0. The highest BCUT2D eigenvalue weighted by molar-refractivity contribution is 6.30. The Labute approximate surface area is 95.8 Å². The fourth-order valence-electron chi connectivity index (χ4n) is 1.46. The Kier molecular flexibility index (Phi) is 4.63. The van der Waals surface area contributed by atoms with Crippen molar-refractivity contribution in [1.29, 1.82) is 0 Å². The number of carbonyl (C=O) groups excluding carboxylic acids is 1. The number of nitrogens with zero attached hydrogens (tertiary/aromatic N) is 1. The normalized spacial score (nSPS) is 12.2. The monoisotopic (exact) mass is 225 g/mol. The lowest BCUT2D eigenvalue weighted by molar-refractivity contribution is -0.130. The van der Waals surface area contributed by atoms with Crippen molar-refractivity contribution in [3.63, 3.8) is 0 Å². The van der Waals surface area contributed by atoms with Gasteiger partial charge < -0.3 is 4.90 Å². The average molecular weight is 226 g/mol. The minimum atomic E-state index is -0.564. The lowest BCUT2D eigenvalue weighted by atomic mass is 10.1. The molecule has 2 nitrogen and oxygen atoms in total. The van der Waals surface area contributed by atoms with Crippen molar-refractivity contribution in [3.05, 3.63) is 35.9 Å². The Morgan fingerprint density at radius 3 is 2.27 bits per heavy atom. The summed E-state index contributed by atoms with van der Waals surface area (Å²) < 4.78 is 0. The molecule has 0 aliphatic carbocycles. The number of alkyl halides is 1. The summed E-state index contributed by atoms with van der Waals surface area (Å²) >= 11 is 6.12. The summed E-state index contributed by atoms with van der Waals surface area (Å²) in [6, 6.07) is 9.44. The number of likely N-dealkylation sites (N-methyl/N-ethyl adjacent to an activating group) is 1. The van der Waals surface area contributed by atoms with Gasteiger partial charge in [0.15, 0.2) is 0 Å². The first-order valence-electron chi connectivity index (χ1n) is 5.18. The minimum Gasteiger partial charge on any atom is -0.342 e. The van der Waals surface area contributed by atoms with Gasteiger partial charge in [-0.3, -0.25) is 4.79 Å². The van der Waals surface area contributed by atoms with E-state index in [-0.39, 0.29) is 5.91 Å². The second kappa shape index (κ2) is 5.76. The molecule has 0 spiro atoms. The van der Waals surface area contributed by atoms with Gasteiger partial charge in [0.05, 0.1) is 0 Å². The third-order valence-electron chi connectivity index (χ3n) is 2.38. The van der Waals surface area contributed by atoms with Crippen molar-refractivity contribution in [2.45, 2.75) is 19.2 Å². The van der Waals surface area contributed by atoms with Gasteiger partial charge in [0, 0.05) is 13.1 Å². The van der Waals surface area contributed by atoms with Crippen LogP contribution < -0.4 is 0 Å². The van der Waals surface area contributed by atoms with Crippen LogP contribution in [0.5, 0.6) is 0 Å². The van der Waals surface area contributed by atoms with E-state index >= 15 is 0 Å². The van der Waals surface area contributed by atoms with E-state index < -0.39 is 5.38 Å². The predicted octanol–water partition coefficient (Wildman–Crippen LogP) is 2.83. The van der Waals surface area contributed by atoms with Crippen LogP contribution in [-0.4, -0.2) is 23.9 Å². The van der Waals surface area contributed by atoms with Crippen LogP contribution in [-0.2, 0) is 4.79 Å². The molecule has 1 amide bonds. The fourth-order valence-corrected chi connectivity index (χ4v) is 1.74. The third-order valence-corrected chi connectivity index (χ3v) is 2.82. The Morgan fingerprint density at radius 2 is 1.80 bits per heavy atom. The first-order chi connectivity index (χ1) is 7.20. The first kappa shape index (κ1) is 12.1. The maximum atomic E-state index is 11.9. The van der Waals surface area contributed by atoms with E-state index in [0.29, 0.717) is 13.1 Å². The molecule has 0 aliphatic heterocycles. The molecule has 0 aromatic heterocycles. The fraction of sp³-hybridized carbons (Fsp3) is 0.417. The van der Waals surface area contributed by atoms with Gasteiger partial charge in [0.2, 0.25) is 5.91 Å². The summed E-state index contributed by atoms with van der Waals surface area (Å²) in [5.74, 6) is -0.0205. The van der Waals surface area contributed by atoms with Gasteiger partial charge in [-0.25, -0.2) is 0 Å². The summed E-state index contributed by atoms with van der Waals surface area (Å²) in [6.07, 6.45) is 0. The summed E-state index contributed by atoms with van der Waals surface area (Å²) in [6.45, 7) is 5.31. The number of benzene rings is 1. The van der Waals surface area contributed by atoms with Gasteiger partial charge in [0.1, 0.15) is 5.38 Å². The molecule has 0 saturated heterocycles. The van der Waals surface area contributed by atoms with E-state index in [1.807, 2.05) is 44.2 Å². The molecule has 1 aromatic carbocycles. The molecule has 0 fully saturated rings. The second-order valence-electron chi connectivity index (χ2n) is 3.28. The number of rotatable bonds is 4. The molecule has 3 heteroatoms. The molecule has 0 aliphatic rings. The van der Waals surface area contributed by atoms with Gasteiger partial charge in [-0.15, -0.1) is 11.6 Å². The zero-order chi connectivity index (χ0) is 11.3. The molecule has 15 heavy (non-hydrogen) atoms. The molecule has 0 radical (unpaired) electrons. The van der Waals surface area contributed by atoms with Crippen LogP contribution in [0.2, 0.25) is 0 Å². The average Bonchev–Trinajstić information content (AvgIpc) is 2.30. The van der Waals surface area contributed by atoms with E-state index in [4.69, 9.17) is 11.6 Å². The summed E-state index contributed by atoms with van der Waals surface area (Å²) in [7, 11) is 0. The largest absolute Gasteiger partial charge is 0.342 e. The van der Waals surface area contributed by atoms with Crippen molar-refractivity contribution in [2.24, 2.45) is 0 Å². The molecule has 1 rings (SSSR count). The molecule has 0 N–H and O–H groups in total. The molecule has 0 saturated carbocycles. The first-order valence-corrected chi connectivity index (χ1v) is 5.62. The highest BCUT2D eigenvalue weighted by Gasteiger charge is 2.21. The van der Waals surface area contributed by atoms with Gasteiger partial charge in [-0.2, -0.15) is 0 Å². The topological polar surface area (TPSA) is 20.3 Å². The highest BCUT2D eigenvalue weighted by atomic mass is 35.5. The number of amides is 1. The SMILES string of the molecule is CCN(CC)C(=O)C(Cl)c1ccccc1. The van der Waals surface area contributed by atoms with Crippen molar-refractivity contribution < 1.29 is 4.79 Å². The van der Waals surface area contributed by atoms with E-state index in [2.05, 4.69) is 0 Å². The third kappa shape index (κ3) is 2.96. The van der Waals surface area contributed by atoms with Gasteiger partial charge in [-0.1, -0.05) is 30.3 Å². The number of hydrogen-bond acceptors (Lipinski definition) is 1. The van der Waals surface area contributed by atoms with Crippen LogP contribution in [0.4, 0.5) is 0 Å². The maximum absolute atomic E-state index is 11.9. The summed E-state index contributed by atoms with van der Waals surface area (Å²) in [5.41, 5.74) is 0.857. The molecule has 0 bridgehead atoms. The molecule has 82 valence electrons. The summed E-state index contributed by atoms with van der Waals surface area (Å²) in [5, 5.41) is -0.564. The number of halogens is 1. The van der Waals surface area contributed by atoms with E-state index in [1.54, 1.807) is 4.90 Å². The molecular formula is C12H16ClNO. The minimum absolute atomic E-state index is 0.0205. The molecular weight excluding hydrogens is 210 g/mol. The quantitative estimate of drug-likeness (QED) is 0.722. The van der Waals surface area contributed by atoms with Crippen LogP contribution in [0.15, 0.2) is 30.3 Å². The molecule has 1 atom stereocenters. The zero-order valence-electron chi connectivity index (χ0n) is 9.11. The van der Waals surface area contributed by atoms with Crippen molar-refractivity contribution in [2.75, 3.05) is 13.1 Å². The highest BCUT2D eigenvalue weighted by Crippen LogP contribution is 2.22. The standard InChI is InChI=1S/C12H16ClNO/c1-3-14(4-2)12(15)11(13)10-8-6-5-7-9-10/h5-9,11H,3-4H2,1-2H3. The zero-order valence-corrected chi connectivity index (χ0v) is 9.87. The summed E-state index contributed by atoms with van der Waals surface area (Å²) in [4.78, 5) is 13.6. The van der Waals surface area contributed by atoms with Crippen LogP contribution in [0.1, 0.15) is 24.8 Å². The van der Waals surface area contributed by atoms with Crippen LogP contribution >= 0.6 is 11.6 Å². The predicted molar refractivity (Wildman–Crippen MR) is 63.0 cm³/mol. The van der Waals surface area contributed by atoms with Crippen LogP contribution in [0, 0.1) is 0 Å². The lowest BCUT2D eigenvalue weighted by Crippen LogP contribution is -2.33. The van der Waals surface area contributed by atoms with Gasteiger partial charge in [0.25, 0.3) is 0 Å². The van der Waals surface area contributed by atoms with Crippen molar-refractivity contribution >= 4 is 17.5 Å². The lowest BCUT2D eigenvalue weighted by Gasteiger charge is -2.21. The van der Waals surface area contributed by atoms with Crippen LogP contribution in [0.25, 0.3) is 0 Å². The van der Waals surface area contributed by atoms with E-state index in [9.17, 15) is 4.79 Å². The van der Waals surface area contributed by atoms with Crippen LogP contribution in [0.3, 0.4) is 0 Å². The number of carbonyl (C=O) groups is 1. The Hall–Kier alpha value is -1.02. The Bertz CT molecular complexity index is 309. The Balaban J connectivity index is 2.76. The maximum Gasteiger partial charge on any atom is 0.245 e. The molecule has 1 unspecified atom stereocenters. The second-order valence-corrected chi connectivity index (χ2v) is 3.72. The Morgan fingerprint density at radius 1 is 1.27 bits per heavy atom. The van der Waals surface area contributed by atoms with Gasteiger partial charge in [-0.05, 0) is 19.4 Å². The molecule has 0 heterocycles.